The Balaban J connectivity index is 1.13. The molecule has 2 atom stereocenters. The predicted molar refractivity (Wildman–Crippen MR) is 159 cm³/mol. The van der Waals surface area contributed by atoms with Crippen molar-refractivity contribution in [2.75, 3.05) is 13.1 Å². The lowest BCUT2D eigenvalue weighted by atomic mass is 9.91. The van der Waals surface area contributed by atoms with E-state index in [0.717, 1.165) is 33.5 Å². The van der Waals surface area contributed by atoms with Crippen LogP contribution in [0.1, 0.15) is 49.3 Å². The fourth-order valence-corrected chi connectivity index (χ4v) is 6.03. The van der Waals surface area contributed by atoms with Crippen molar-refractivity contribution in [1.82, 2.24) is 30.4 Å². The van der Waals surface area contributed by atoms with Crippen molar-refractivity contribution in [3.05, 3.63) is 116 Å². The van der Waals surface area contributed by atoms with Crippen LogP contribution < -0.4 is 14.9 Å². The Hall–Kier alpha value is -4.90. The van der Waals surface area contributed by atoms with E-state index in [-0.39, 0.29) is 28.6 Å². The van der Waals surface area contributed by atoms with E-state index in [9.17, 15) is 14.4 Å². The van der Waals surface area contributed by atoms with Gasteiger partial charge < -0.3 is 15.0 Å². The Labute approximate surface area is 245 Å². The monoisotopic (exact) mass is 580 g/mol. The quantitative estimate of drug-likeness (QED) is 0.297. The lowest BCUT2D eigenvalue weighted by Gasteiger charge is -2.38. The molecule has 42 heavy (non-hydrogen) atoms. The molecule has 1 saturated heterocycles. The molecule has 6 rings (SSSR count). The Kier molecular flexibility index (Phi) is 7.74. The highest BCUT2D eigenvalue weighted by Crippen LogP contribution is 2.29. The van der Waals surface area contributed by atoms with Crippen molar-refractivity contribution in [2.45, 2.75) is 31.9 Å². The van der Waals surface area contributed by atoms with Crippen molar-refractivity contribution in [3.8, 4) is 5.75 Å². The van der Waals surface area contributed by atoms with Crippen LogP contribution in [-0.2, 0) is 6.61 Å². The van der Waals surface area contributed by atoms with Crippen LogP contribution in [0.25, 0.3) is 10.9 Å². The fourth-order valence-electron chi connectivity index (χ4n) is 5.27. The summed E-state index contributed by atoms with van der Waals surface area (Å²) in [5.74, 6) is -0.0597. The Morgan fingerprint density at radius 1 is 1.07 bits per heavy atom. The average Bonchev–Trinajstić information content (AvgIpc) is 3.46. The number of para-hydroxylation sites is 1. The third-order valence-corrected chi connectivity index (χ3v) is 8.24. The number of H-pyrrole nitrogens is 1. The molecular formula is C31H28N6O4S. The van der Waals surface area contributed by atoms with Gasteiger partial charge in [-0.15, -0.1) is 0 Å². The van der Waals surface area contributed by atoms with Gasteiger partial charge in [-0.1, -0.05) is 29.5 Å². The summed E-state index contributed by atoms with van der Waals surface area (Å²) in [5.41, 5.74) is 3.91. The van der Waals surface area contributed by atoms with Crippen molar-refractivity contribution >= 4 is 34.1 Å². The van der Waals surface area contributed by atoms with Gasteiger partial charge in [0.05, 0.1) is 11.4 Å². The van der Waals surface area contributed by atoms with Gasteiger partial charge in [0.1, 0.15) is 17.4 Å². The van der Waals surface area contributed by atoms with Gasteiger partial charge in [0.2, 0.25) is 0 Å². The number of carbonyl (C=O) groups is 2. The van der Waals surface area contributed by atoms with Crippen LogP contribution in [0.5, 0.6) is 5.75 Å². The number of benzene rings is 2. The molecule has 0 bridgehead atoms. The summed E-state index contributed by atoms with van der Waals surface area (Å²) in [4.78, 5) is 48.3. The number of pyridine rings is 2. The number of carbonyl (C=O) groups excluding carboxylic acids is 2. The number of aromatic nitrogens is 4. The maximum absolute atomic E-state index is 13.3. The molecule has 0 saturated carbocycles. The number of nitrogens with one attached hydrogen (secondary N) is 2. The highest BCUT2D eigenvalue weighted by atomic mass is 32.1. The number of rotatable bonds is 7. The molecule has 4 heterocycles. The number of aromatic amines is 1. The van der Waals surface area contributed by atoms with Gasteiger partial charge in [0.15, 0.2) is 0 Å². The summed E-state index contributed by atoms with van der Waals surface area (Å²) in [7, 11) is 0. The SMILES string of the molecule is Cc1cc(COc2ccc(C(=O)NC3CCN(C(=O)c4ccncc4)CC3c3n[nH]c(=O)s3)cc2)c2ccccc2n1. The second-order valence-corrected chi connectivity index (χ2v) is 11.2. The molecule has 2 aromatic carbocycles. The first-order chi connectivity index (χ1) is 20.4. The molecule has 0 spiro atoms. The average molecular weight is 581 g/mol. The lowest BCUT2D eigenvalue weighted by molar-refractivity contribution is 0.0671. The fraction of sp³-hybridized carbons (Fsp3) is 0.226. The van der Waals surface area contributed by atoms with Gasteiger partial charge in [0, 0.05) is 59.3 Å². The van der Waals surface area contributed by atoms with Crippen molar-refractivity contribution < 1.29 is 14.3 Å². The van der Waals surface area contributed by atoms with Crippen molar-refractivity contribution in [1.29, 1.82) is 0 Å². The number of amides is 2. The summed E-state index contributed by atoms with van der Waals surface area (Å²) < 4.78 is 6.05. The predicted octanol–water partition coefficient (Wildman–Crippen LogP) is 4.09. The zero-order chi connectivity index (χ0) is 29.1. The minimum atomic E-state index is -0.335. The second-order valence-electron chi connectivity index (χ2n) is 10.2. The van der Waals surface area contributed by atoms with Crippen LogP contribution in [0.4, 0.5) is 0 Å². The van der Waals surface area contributed by atoms with E-state index in [1.807, 2.05) is 37.3 Å². The summed E-state index contributed by atoms with van der Waals surface area (Å²) in [6.45, 7) is 3.12. The molecule has 11 heteroatoms. The normalized spacial score (nSPS) is 16.7. The minimum Gasteiger partial charge on any atom is -0.489 e. The molecular weight excluding hydrogens is 552 g/mol. The number of aryl methyl sites for hydroxylation is 1. The van der Waals surface area contributed by atoms with E-state index in [1.165, 1.54) is 0 Å². The van der Waals surface area contributed by atoms with E-state index in [0.29, 0.717) is 48.0 Å². The summed E-state index contributed by atoms with van der Waals surface area (Å²) in [6, 6.07) is 20.0. The van der Waals surface area contributed by atoms with Crippen LogP contribution in [-0.4, -0.2) is 56.0 Å². The first-order valence-corrected chi connectivity index (χ1v) is 14.4. The Morgan fingerprint density at radius 3 is 2.62 bits per heavy atom. The number of ether oxygens (including phenoxy) is 1. The molecule has 1 aliphatic heterocycles. The third-order valence-electron chi connectivity index (χ3n) is 7.36. The number of fused-ring (bicyclic) bond motifs is 1. The van der Waals surface area contributed by atoms with E-state index in [4.69, 9.17) is 4.74 Å². The van der Waals surface area contributed by atoms with E-state index in [2.05, 4.69) is 25.5 Å². The molecule has 10 nitrogen and oxygen atoms in total. The molecule has 5 aromatic rings. The molecule has 3 aromatic heterocycles. The zero-order valence-electron chi connectivity index (χ0n) is 22.8. The second kappa shape index (κ2) is 11.9. The first-order valence-electron chi connectivity index (χ1n) is 13.6. The molecule has 2 N–H and O–H groups in total. The molecule has 2 unspecified atom stereocenters. The smallest absolute Gasteiger partial charge is 0.322 e. The maximum Gasteiger partial charge on any atom is 0.322 e. The Bertz CT molecular complexity index is 1790. The van der Waals surface area contributed by atoms with Crippen LogP contribution in [0.2, 0.25) is 0 Å². The number of likely N-dealkylation sites (tertiary alicyclic amines) is 1. The van der Waals surface area contributed by atoms with Gasteiger partial charge in [-0.2, -0.15) is 5.10 Å². The first kappa shape index (κ1) is 27.3. The summed E-state index contributed by atoms with van der Waals surface area (Å²) in [6.07, 6.45) is 3.67. The molecule has 1 aliphatic rings. The number of hydrogen-bond acceptors (Lipinski definition) is 8. The van der Waals surface area contributed by atoms with Gasteiger partial charge in [-0.3, -0.25) is 24.4 Å². The van der Waals surface area contributed by atoms with E-state index >= 15 is 0 Å². The molecule has 212 valence electrons. The summed E-state index contributed by atoms with van der Waals surface area (Å²) in [5, 5.41) is 11.4. The number of hydrogen-bond donors (Lipinski definition) is 2. The molecule has 0 radical (unpaired) electrons. The molecule has 0 aliphatic carbocycles. The highest BCUT2D eigenvalue weighted by Gasteiger charge is 2.36. The van der Waals surface area contributed by atoms with Gasteiger partial charge in [0.25, 0.3) is 11.8 Å². The van der Waals surface area contributed by atoms with Crippen LogP contribution >= 0.6 is 11.3 Å². The summed E-state index contributed by atoms with van der Waals surface area (Å²) >= 11 is 0.995. The standard InChI is InChI=1S/C31H28N6O4S/c1-19-16-22(24-4-2-3-5-26(24)33-19)18-41-23-8-6-20(7-9-23)28(38)34-27-12-15-37(30(39)21-10-13-32-14-11-21)17-25(27)29-35-36-31(40)42-29/h2-11,13-14,16,25,27H,12,15,17-18H2,1H3,(H,34,38)(H,36,40). The minimum absolute atomic E-state index is 0.124. The van der Waals surface area contributed by atoms with Crippen LogP contribution in [0, 0.1) is 6.92 Å². The van der Waals surface area contributed by atoms with Gasteiger partial charge in [-0.25, -0.2) is 5.10 Å². The third kappa shape index (κ3) is 5.91. The van der Waals surface area contributed by atoms with Crippen LogP contribution in [0.3, 0.4) is 0 Å². The van der Waals surface area contributed by atoms with Crippen molar-refractivity contribution in [3.63, 3.8) is 0 Å². The van der Waals surface area contributed by atoms with E-state index < -0.39 is 0 Å². The van der Waals surface area contributed by atoms with Gasteiger partial charge in [-0.05, 0) is 61.9 Å². The lowest BCUT2D eigenvalue weighted by Crippen LogP contribution is -2.51. The number of nitrogens with zero attached hydrogens (tertiary/aromatic N) is 4. The van der Waals surface area contributed by atoms with Crippen LogP contribution in [0.15, 0.2) is 83.9 Å². The van der Waals surface area contributed by atoms with E-state index in [1.54, 1.807) is 53.7 Å². The zero-order valence-corrected chi connectivity index (χ0v) is 23.6. The topological polar surface area (TPSA) is 130 Å². The van der Waals surface area contributed by atoms with Crippen molar-refractivity contribution in [2.24, 2.45) is 0 Å². The molecule has 1 fully saturated rings. The largest absolute Gasteiger partial charge is 0.489 e. The maximum atomic E-state index is 13.3. The number of piperidine rings is 1. The molecule has 2 amide bonds. The van der Waals surface area contributed by atoms with Gasteiger partial charge >= 0.3 is 4.87 Å². The Morgan fingerprint density at radius 2 is 1.86 bits per heavy atom. The highest BCUT2D eigenvalue weighted by molar-refractivity contribution is 7.08.